The number of benzene rings is 1. The average molecular weight is 434 g/mol. The molecule has 0 bridgehead atoms. The van der Waals surface area contributed by atoms with E-state index in [1.165, 1.54) is 21.3 Å². The zero-order valence-electron chi connectivity index (χ0n) is 19.2. The molecule has 8 heteroatoms. The van der Waals surface area contributed by atoms with Crippen molar-refractivity contribution >= 4 is 11.9 Å². The summed E-state index contributed by atoms with van der Waals surface area (Å²) in [5.74, 6) is -0.640. The first-order valence-corrected chi connectivity index (χ1v) is 10.2. The van der Waals surface area contributed by atoms with Gasteiger partial charge in [0.1, 0.15) is 0 Å². The van der Waals surface area contributed by atoms with Crippen LogP contribution in [-0.4, -0.2) is 57.4 Å². The minimum atomic E-state index is -0.775. The summed E-state index contributed by atoms with van der Waals surface area (Å²) in [5, 5.41) is 0. The average Bonchev–Trinajstić information content (AvgIpc) is 2.77. The molecule has 0 radical (unpaired) electrons. The van der Waals surface area contributed by atoms with Crippen molar-refractivity contribution in [3.05, 3.63) is 41.2 Å². The lowest BCUT2D eigenvalue weighted by atomic mass is 9.82. The van der Waals surface area contributed by atoms with Crippen molar-refractivity contribution < 1.29 is 33.3 Å². The summed E-state index contributed by atoms with van der Waals surface area (Å²) >= 11 is 0. The molecule has 1 aromatic carbocycles. The molecule has 0 unspecified atom stereocenters. The van der Waals surface area contributed by atoms with Gasteiger partial charge < -0.3 is 28.6 Å². The molecule has 0 amide bonds. The van der Waals surface area contributed by atoms with Gasteiger partial charge in [-0.3, -0.25) is 0 Å². The smallest absolute Gasteiger partial charge is 0.336 e. The van der Waals surface area contributed by atoms with Crippen LogP contribution in [0.25, 0.3) is 0 Å². The Kier molecular flexibility index (Phi) is 8.36. The second-order valence-corrected chi connectivity index (χ2v) is 7.01. The first kappa shape index (κ1) is 24.1. The highest BCUT2D eigenvalue weighted by atomic mass is 16.5. The molecule has 2 rings (SSSR count). The Hall–Kier alpha value is -3.16. The van der Waals surface area contributed by atoms with Gasteiger partial charge in [0.2, 0.25) is 5.75 Å². The molecule has 1 aromatic rings. The van der Waals surface area contributed by atoms with Crippen molar-refractivity contribution in [3.63, 3.8) is 0 Å². The molecular formula is C23H31NO7. The highest BCUT2D eigenvalue weighted by molar-refractivity contribution is 5.99. The van der Waals surface area contributed by atoms with E-state index in [4.69, 9.17) is 23.7 Å². The largest absolute Gasteiger partial charge is 0.493 e. The van der Waals surface area contributed by atoms with Gasteiger partial charge in [-0.05, 0) is 33.8 Å². The Balaban J connectivity index is 2.79. The molecule has 0 aliphatic carbocycles. The van der Waals surface area contributed by atoms with Crippen molar-refractivity contribution in [2.75, 3.05) is 34.5 Å². The van der Waals surface area contributed by atoms with Crippen LogP contribution in [0.2, 0.25) is 0 Å². The van der Waals surface area contributed by atoms with E-state index in [-0.39, 0.29) is 19.3 Å². The Labute approximate surface area is 183 Å². The van der Waals surface area contributed by atoms with Crippen LogP contribution in [0.3, 0.4) is 0 Å². The molecule has 8 nitrogen and oxygen atoms in total. The number of carbonyl (C=O) groups excluding carboxylic acids is 2. The van der Waals surface area contributed by atoms with Crippen LogP contribution in [0, 0.1) is 0 Å². The second kappa shape index (κ2) is 10.7. The molecule has 0 saturated carbocycles. The van der Waals surface area contributed by atoms with E-state index in [9.17, 15) is 9.59 Å². The molecular weight excluding hydrogens is 402 g/mol. The molecule has 1 heterocycles. The standard InChI is InChI=1S/C23H31NO7/c1-8-30-22(25)16-12-24(14(3)4)13-17(23(26)31-9-2)19(16)15-10-11-18(27-5)21(29-7)20(15)28-6/h10-14,19H,8-9H2,1-7H3. The molecule has 0 N–H and O–H groups in total. The fourth-order valence-corrected chi connectivity index (χ4v) is 3.43. The molecule has 0 aromatic heterocycles. The quantitative estimate of drug-likeness (QED) is 0.548. The van der Waals surface area contributed by atoms with Crippen molar-refractivity contribution in [3.8, 4) is 17.2 Å². The molecule has 0 spiro atoms. The fourth-order valence-electron chi connectivity index (χ4n) is 3.43. The van der Waals surface area contributed by atoms with Gasteiger partial charge in [0.15, 0.2) is 11.5 Å². The molecule has 0 atom stereocenters. The molecule has 31 heavy (non-hydrogen) atoms. The van der Waals surface area contributed by atoms with Crippen molar-refractivity contribution in [2.24, 2.45) is 0 Å². The fraction of sp³-hybridized carbons (Fsp3) is 0.478. The summed E-state index contributed by atoms with van der Waals surface area (Å²) in [4.78, 5) is 27.7. The SMILES string of the molecule is CCOC(=O)C1=CN(C(C)C)C=C(C(=O)OCC)C1c1ccc(OC)c(OC)c1OC. The van der Waals surface area contributed by atoms with Gasteiger partial charge in [0, 0.05) is 24.0 Å². The highest BCUT2D eigenvalue weighted by Gasteiger charge is 2.38. The Morgan fingerprint density at radius 3 is 1.77 bits per heavy atom. The molecule has 1 aliphatic rings. The Morgan fingerprint density at radius 1 is 0.871 bits per heavy atom. The van der Waals surface area contributed by atoms with Gasteiger partial charge in [-0.2, -0.15) is 0 Å². The lowest BCUT2D eigenvalue weighted by Gasteiger charge is -2.33. The summed E-state index contributed by atoms with van der Waals surface area (Å²) in [6.07, 6.45) is 3.40. The lowest BCUT2D eigenvalue weighted by molar-refractivity contribution is -0.139. The van der Waals surface area contributed by atoms with Gasteiger partial charge in [-0.15, -0.1) is 0 Å². The van der Waals surface area contributed by atoms with Crippen LogP contribution >= 0.6 is 0 Å². The van der Waals surface area contributed by atoms with Gasteiger partial charge in [0.05, 0.1) is 51.6 Å². The third-order valence-electron chi connectivity index (χ3n) is 4.86. The van der Waals surface area contributed by atoms with E-state index in [2.05, 4.69) is 0 Å². The first-order valence-electron chi connectivity index (χ1n) is 10.2. The summed E-state index contributed by atoms with van der Waals surface area (Å²) in [5.41, 5.74) is 1.15. The number of methoxy groups -OCH3 is 3. The number of carbonyl (C=O) groups is 2. The van der Waals surface area contributed by atoms with E-state index in [0.29, 0.717) is 34.0 Å². The van der Waals surface area contributed by atoms with Crippen molar-refractivity contribution in [2.45, 2.75) is 39.7 Å². The maximum Gasteiger partial charge on any atom is 0.336 e. The summed E-state index contributed by atoms with van der Waals surface area (Å²) in [6.45, 7) is 7.77. The van der Waals surface area contributed by atoms with Crippen LogP contribution in [-0.2, 0) is 19.1 Å². The third-order valence-corrected chi connectivity index (χ3v) is 4.86. The van der Waals surface area contributed by atoms with Gasteiger partial charge >= 0.3 is 11.9 Å². The predicted molar refractivity (Wildman–Crippen MR) is 115 cm³/mol. The number of hydrogen-bond donors (Lipinski definition) is 0. The van der Waals surface area contributed by atoms with E-state index in [1.54, 1.807) is 43.3 Å². The molecule has 0 saturated heterocycles. The van der Waals surface area contributed by atoms with Gasteiger partial charge in [0.25, 0.3) is 0 Å². The summed E-state index contributed by atoms with van der Waals surface area (Å²) < 4.78 is 27.1. The number of rotatable bonds is 9. The van der Waals surface area contributed by atoms with E-state index >= 15 is 0 Å². The molecule has 1 aliphatic heterocycles. The van der Waals surface area contributed by atoms with Crippen LogP contribution in [0.5, 0.6) is 17.2 Å². The minimum absolute atomic E-state index is 0.00195. The number of esters is 2. The maximum absolute atomic E-state index is 13.0. The molecule has 0 fully saturated rings. The predicted octanol–water partition coefficient (Wildman–Crippen LogP) is 3.41. The number of nitrogens with zero attached hydrogens (tertiary/aromatic N) is 1. The van der Waals surface area contributed by atoms with Crippen molar-refractivity contribution in [1.29, 1.82) is 0 Å². The van der Waals surface area contributed by atoms with Crippen LogP contribution < -0.4 is 14.2 Å². The Morgan fingerprint density at radius 2 is 1.39 bits per heavy atom. The number of hydrogen-bond acceptors (Lipinski definition) is 8. The second-order valence-electron chi connectivity index (χ2n) is 7.01. The van der Waals surface area contributed by atoms with Gasteiger partial charge in [-0.25, -0.2) is 9.59 Å². The van der Waals surface area contributed by atoms with Gasteiger partial charge in [-0.1, -0.05) is 6.07 Å². The first-order chi connectivity index (χ1) is 14.8. The van der Waals surface area contributed by atoms with E-state index < -0.39 is 17.9 Å². The topological polar surface area (TPSA) is 83.5 Å². The normalized spacial score (nSPS) is 14.0. The monoisotopic (exact) mass is 433 g/mol. The summed E-state index contributed by atoms with van der Waals surface area (Å²) in [6, 6.07) is 3.45. The van der Waals surface area contributed by atoms with Crippen molar-refractivity contribution in [1.82, 2.24) is 4.90 Å². The number of ether oxygens (including phenoxy) is 5. The molecule has 170 valence electrons. The maximum atomic E-state index is 13.0. The van der Waals surface area contributed by atoms with E-state index in [0.717, 1.165) is 0 Å². The zero-order valence-corrected chi connectivity index (χ0v) is 19.2. The van der Waals surface area contributed by atoms with Crippen LogP contribution in [0.15, 0.2) is 35.7 Å². The van der Waals surface area contributed by atoms with E-state index in [1.807, 2.05) is 13.8 Å². The summed E-state index contributed by atoms with van der Waals surface area (Å²) in [7, 11) is 4.51. The minimum Gasteiger partial charge on any atom is -0.493 e. The zero-order chi connectivity index (χ0) is 23.1. The highest BCUT2D eigenvalue weighted by Crippen LogP contribution is 2.48. The Bertz CT molecular complexity index is 837. The van der Waals surface area contributed by atoms with Crippen LogP contribution in [0.4, 0.5) is 0 Å². The lowest BCUT2D eigenvalue weighted by Crippen LogP contribution is -2.32. The third kappa shape index (κ3) is 4.95. The van der Waals surface area contributed by atoms with Crippen LogP contribution in [0.1, 0.15) is 39.2 Å².